The fraction of sp³-hybridized carbons (Fsp3) is 0.611. The first-order valence-corrected chi connectivity index (χ1v) is 8.61. The summed E-state index contributed by atoms with van der Waals surface area (Å²) in [6.07, 6.45) is -0.430. The van der Waals surface area contributed by atoms with Crippen LogP contribution in [0, 0.1) is 0 Å². The summed E-state index contributed by atoms with van der Waals surface area (Å²) in [6.45, 7) is 6.09. The second-order valence-corrected chi connectivity index (χ2v) is 6.72. The Bertz CT molecular complexity index is 489. The molecule has 1 atom stereocenters. The van der Waals surface area contributed by atoms with Crippen LogP contribution in [0.3, 0.4) is 0 Å². The summed E-state index contributed by atoms with van der Waals surface area (Å²) in [5, 5.41) is 13.1. The van der Waals surface area contributed by atoms with Crippen LogP contribution >= 0.6 is 0 Å². The van der Waals surface area contributed by atoms with Gasteiger partial charge in [0, 0.05) is 45.8 Å². The Morgan fingerprint density at radius 1 is 1.25 bits per heavy atom. The van der Waals surface area contributed by atoms with Gasteiger partial charge < -0.3 is 15.3 Å². The van der Waals surface area contributed by atoms with E-state index in [0.717, 1.165) is 31.7 Å². The lowest BCUT2D eigenvalue weighted by Gasteiger charge is -2.34. The molecule has 6 heteroatoms. The number of likely N-dealkylation sites (N-methyl/N-ethyl adjacent to an activating group) is 2. The average Bonchev–Trinajstić information content (AvgIpc) is 2.56. The molecule has 24 heavy (non-hydrogen) atoms. The number of aliphatic hydroxyl groups excluding tert-OH is 1. The van der Waals surface area contributed by atoms with Gasteiger partial charge in [0.25, 0.3) is 0 Å². The second kappa shape index (κ2) is 9.74. The molecule has 0 aromatic heterocycles. The predicted molar refractivity (Wildman–Crippen MR) is 95.7 cm³/mol. The maximum absolute atomic E-state index is 12.0. The molecule has 134 valence electrons. The van der Waals surface area contributed by atoms with Crippen LogP contribution in [0.5, 0.6) is 0 Å². The predicted octanol–water partition coefficient (Wildman–Crippen LogP) is -0.157. The number of hydrogen-bond donors (Lipinski definition) is 2. The van der Waals surface area contributed by atoms with E-state index < -0.39 is 6.10 Å². The third kappa shape index (κ3) is 6.97. The van der Waals surface area contributed by atoms with Crippen molar-refractivity contribution >= 4 is 5.91 Å². The lowest BCUT2D eigenvalue weighted by atomic mass is 10.2. The summed E-state index contributed by atoms with van der Waals surface area (Å²) in [5.41, 5.74) is 1.09. The number of piperazine rings is 1. The Morgan fingerprint density at radius 2 is 1.92 bits per heavy atom. The molecular weight excluding hydrogens is 304 g/mol. The molecule has 1 unspecified atom stereocenters. The fourth-order valence-electron chi connectivity index (χ4n) is 2.91. The summed E-state index contributed by atoms with van der Waals surface area (Å²) in [5.74, 6) is -0.0202. The number of rotatable bonds is 8. The van der Waals surface area contributed by atoms with Gasteiger partial charge in [-0.05, 0) is 19.7 Å². The Morgan fingerprint density at radius 3 is 2.58 bits per heavy atom. The summed E-state index contributed by atoms with van der Waals surface area (Å²) >= 11 is 0. The number of nitrogens with one attached hydrogen (secondary N) is 1. The van der Waals surface area contributed by atoms with Gasteiger partial charge in [-0.15, -0.1) is 0 Å². The molecule has 0 bridgehead atoms. The van der Waals surface area contributed by atoms with Crippen LogP contribution in [0.2, 0.25) is 0 Å². The molecule has 1 amide bonds. The van der Waals surface area contributed by atoms with Gasteiger partial charge >= 0.3 is 0 Å². The highest BCUT2D eigenvalue weighted by Crippen LogP contribution is 2.02. The Labute approximate surface area is 145 Å². The van der Waals surface area contributed by atoms with E-state index in [1.807, 2.05) is 42.3 Å². The van der Waals surface area contributed by atoms with E-state index in [0.29, 0.717) is 26.2 Å². The molecule has 1 heterocycles. The third-order valence-electron chi connectivity index (χ3n) is 4.33. The van der Waals surface area contributed by atoms with Gasteiger partial charge in [0.1, 0.15) is 0 Å². The SMILES string of the molecule is CN1CCN(CC(O)CN(C)CC(=O)NCc2ccccc2)CC1. The Balaban J connectivity index is 1.62. The maximum atomic E-state index is 12.0. The monoisotopic (exact) mass is 334 g/mol. The van der Waals surface area contributed by atoms with Gasteiger partial charge in [-0.25, -0.2) is 0 Å². The highest BCUT2D eigenvalue weighted by molar-refractivity contribution is 5.77. The van der Waals surface area contributed by atoms with E-state index in [2.05, 4.69) is 22.2 Å². The number of β-amino-alcohol motifs (C(OH)–C–C–N with tert-alkyl or cyclic N) is 1. The first kappa shape index (κ1) is 18.9. The molecule has 1 aromatic rings. The molecule has 2 rings (SSSR count). The van der Waals surface area contributed by atoms with Crippen molar-refractivity contribution in [3.05, 3.63) is 35.9 Å². The summed E-state index contributed by atoms with van der Waals surface area (Å²) in [4.78, 5) is 18.4. The topological polar surface area (TPSA) is 59.1 Å². The van der Waals surface area contributed by atoms with Crippen LogP contribution in [0.25, 0.3) is 0 Å². The average molecular weight is 334 g/mol. The number of benzene rings is 1. The number of carbonyl (C=O) groups excluding carboxylic acids is 1. The van der Waals surface area contributed by atoms with Gasteiger partial charge in [0.05, 0.1) is 12.6 Å². The quantitative estimate of drug-likeness (QED) is 0.692. The minimum absolute atomic E-state index is 0.0202. The molecule has 1 aliphatic heterocycles. The highest BCUT2D eigenvalue weighted by Gasteiger charge is 2.18. The minimum atomic E-state index is -0.430. The smallest absolute Gasteiger partial charge is 0.234 e. The van der Waals surface area contributed by atoms with Crippen molar-refractivity contribution in [3.8, 4) is 0 Å². The normalized spacial score (nSPS) is 17.8. The Kier molecular flexibility index (Phi) is 7.65. The number of carbonyl (C=O) groups is 1. The molecule has 1 fully saturated rings. The summed E-state index contributed by atoms with van der Waals surface area (Å²) in [6, 6.07) is 9.86. The zero-order valence-corrected chi connectivity index (χ0v) is 14.8. The molecule has 6 nitrogen and oxygen atoms in total. The van der Waals surface area contributed by atoms with Crippen LogP contribution in [0.1, 0.15) is 5.56 Å². The van der Waals surface area contributed by atoms with E-state index >= 15 is 0 Å². The lowest BCUT2D eigenvalue weighted by molar-refractivity contribution is -0.122. The zero-order chi connectivity index (χ0) is 17.4. The van der Waals surface area contributed by atoms with Crippen LogP contribution in [-0.2, 0) is 11.3 Å². The van der Waals surface area contributed by atoms with Crippen molar-refractivity contribution in [2.24, 2.45) is 0 Å². The standard InChI is InChI=1S/C18H30N4O2/c1-20-8-10-22(11-9-20)14-17(23)13-21(2)15-18(24)19-12-16-6-4-3-5-7-16/h3-7,17,23H,8-15H2,1-2H3,(H,19,24). The van der Waals surface area contributed by atoms with E-state index in [-0.39, 0.29) is 5.91 Å². The van der Waals surface area contributed by atoms with Crippen molar-refractivity contribution in [2.45, 2.75) is 12.6 Å². The van der Waals surface area contributed by atoms with E-state index in [1.54, 1.807) is 0 Å². The molecule has 1 saturated heterocycles. The highest BCUT2D eigenvalue weighted by atomic mass is 16.3. The molecule has 2 N–H and O–H groups in total. The van der Waals surface area contributed by atoms with Crippen LogP contribution < -0.4 is 5.32 Å². The molecule has 0 aliphatic carbocycles. The van der Waals surface area contributed by atoms with Crippen LogP contribution in [0.4, 0.5) is 0 Å². The maximum Gasteiger partial charge on any atom is 0.234 e. The van der Waals surface area contributed by atoms with Crippen molar-refractivity contribution < 1.29 is 9.90 Å². The van der Waals surface area contributed by atoms with E-state index in [9.17, 15) is 9.90 Å². The second-order valence-electron chi connectivity index (χ2n) is 6.72. The van der Waals surface area contributed by atoms with Crippen molar-refractivity contribution in [1.29, 1.82) is 0 Å². The summed E-state index contributed by atoms with van der Waals surface area (Å²) in [7, 11) is 3.99. The van der Waals surface area contributed by atoms with E-state index in [1.165, 1.54) is 0 Å². The molecule has 1 aromatic carbocycles. The van der Waals surface area contributed by atoms with Gasteiger partial charge in [-0.2, -0.15) is 0 Å². The van der Waals surface area contributed by atoms with Crippen molar-refractivity contribution in [3.63, 3.8) is 0 Å². The number of amides is 1. The van der Waals surface area contributed by atoms with E-state index in [4.69, 9.17) is 0 Å². The van der Waals surface area contributed by atoms with Crippen molar-refractivity contribution in [2.75, 3.05) is 59.9 Å². The zero-order valence-electron chi connectivity index (χ0n) is 14.8. The first-order chi connectivity index (χ1) is 11.5. The van der Waals surface area contributed by atoms with Crippen LogP contribution in [0.15, 0.2) is 30.3 Å². The van der Waals surface area contributed by atoms with Gasteiger partial charge in [-0.3, -0.25) is 14.6 Å². The largest absolute Gasteiger partial charge is 0.390 e. The molecule has 1 aliphatic rings. The van der Waals surface area contributed by atoms with Gasteiger partial charge in [-0.1, -0.05) is 30.3 Å². The fourth-order valence-corrected chi connectivity index (χ4v) is 2.91. The number of hydrogen-bond acceptors (Lipinski definition) is 5. The molecular formula is C18H30N4O2. The number of nitrogens with zero attached hydrogens (tertiary/aromatic N) is 3. The molecule has 0 radical (unpaired) electrons. The third-order valence-corrected chi connectivity index (χ3v) is 4.33. The summed E-state index contributed by atoms with van der Waals surface area (Å²) < 4.78 is 0. The van der Waals surface area contributed by atoms with Crippen LogP contribution in [-0.4, -0.2) is 91.7 Å². The van der Waals surface area contributed by atoms with Gasteiger partial charge in [0.15, 0.2) is 0 Å². The minimum Gasteiger partial charge on any atom is -0.390 e. The van der Waals surface area contributed by atoms with Crippen molar-refractivity contribution in [1.82, 2.24) is 20.0 Å². The number of aliphatic hydroxyl groups is 1. The Hall–Kier alpha value is -1.47. The lowest BCUT2D eigenvalue weighted by Crippen LogP contribution is -2.49. The molecule has 0 saturated carbocycles. The molecule has 0 spiro atoms. The van der Waals surface area contributed by atoms with Gasteiger partial charge in [0.2, 0.25) is 5.91 Å². The first-order valence-electron chi connectivity index (χ1n) is 8.61.